The largest absolute Gasteiger partial charge is 0.573 e. The van der Waals surface area contributed by atoms with Gasteiger partial charge in [0.1, 0.15) is 5.75 Å². The molecule has 2 aromatic rings. The summed E-state index contributed by atoms with van der Waals surface area (Å²) in [6, 6.07) is 12.7. The average Bonchev–Trinajstić information content (AvgIpc) is 2.37. The van der Waals surface area contributed by atoms with Crippen LogP contribution < -0.4 is 10.5 Å². The number of hydrogen-bond acceptors (Lipinski definition) is 2. The van der Waals surface area contributed by atoms with Crippen LogP contribution in [0.2, 0.25) is 0 Å². The molecule has 0 amide bonds. The number of benzene rings is 2. The van der Waals surface area contributed by atoms with Crippen molar-refractivity contribution in [1.29, 1.82) is 0 Å². The van der Waals surface area contributed by atoms with Gasteiger partial charge in [-0.2, -0.15) is 0 Å². The highest BCUT2D eigenvalue weighted by Gasteiger charge is 2.31. The Morgan fingerprint density at radius 1 is 1.05 bits per heavy atom. The van der Waals surface area contributed by atoms with E-state index in [1.165, 1.54) is 18.2 Å². The third kappa shape index (κ3) is 3.51. The van der Waals surface area contributed by atoms with E-state index in [4.69, 9.17) is 5.73 Å². The van der Waals surface area contributed by atoms with Gasteiger partial charge in [0.15, 0.2) is 0 Å². The molecule has 2 N–H and O–H groups in total. The molecule has 0 aliphatic rings. The number of halogens is 3. The number of rotatable bonds is 3. The van der Waals surface area contributed by atoms with Gasteiger partial charge in [-0.05, 0) is 35.7 Å². The molecular formula is C15H14F3NO. The molecule has 2 aromatic carbocycles. The molecule has 1 unspecified atom stereocenters. The predicted molar refractivity (Wildman–Crippen MR) is 70.3 cm³/mol. The smallest absolute Gasteiger partial charge is 0.406 e. The summed E-state index contributed by atoms with van der Waals surface area (Å²) in [5, 5.41) is 0. The lowest BCUT2D eigenvalue weighted by Crippen LogP contribution is -2.18. The van der Waals surface area contributed by atoms with Crippen LogP contribution in [0.5, 0.6) is 5.75 Å². The quantitative estimate of drug-likeness (QED) is 0.924. The van der Waals surface area contributed by atoms with Crippen molar-refractivity contribution in [1.82, 2.24) is 0 Å². The molecule has 20 heavy (non-hydrogen) atoms. The van der Waals surface area contributed by atoms with Gasteiger partial charge in [0.25, 0.3) is 0 Å². The minimum atomic E-state index is -4.70. The normalized spacial score (nSPS) is 13.1. The van der Waals surface area contributed by atoms with Gasteiger partial charge in [-0.25, -0.2) is 0 Å². The number of nitrogens with two attached hydrogens (primary N) is 1. The van der Waals surface area contributed by atoms with Crippen LogP contribution in [-0.2, 0) is 0 Å². The third-order valence-corrected chi connectivity index (χ3v) is 2.97. The maximum atomic E-state index is 12.2. The maximum absolute atomic E-state index is 12.2. The van der Waals surface area contributed by atoms with Gasteiger partial charge in [-0.3, -0.25) is 0 Å². The molecule has 0 bridgehead atoms. The highest BCUT2D eigenvalue weighted by Crippen LogP contribution is 2.28. The highest BCUT2D eigenvalue weighted by atomic mass is 19.4. The molecule has 1 atom stereocenters. The van der Waals surface area contributed by atoms with Crippen molar-refractivity contribution in [3.8, 4) is 5.75 Å². The van der Waals surface area contributed by atoms with Crippen molar-refractivity contribution in [2.24, 2.45) is 5.73 Å². The summed E-state index contributed by atoms with van der Waals surface area (Å²) < 4.78 is 40.5. The van der Waals surface area contributed by atoms with E-state index in [2.05, 4.69) is 4.74 Å². The van der Waals surface area contributed by atoms with Gasteiger partial charge in [0.2, 0.25) is 0 Å². The summed E-state index contributed by atoms with van der Waals surface area (Å²) in [5.74, 6) is -0.265. The van der Waals surface area contributed by atoms with E-state index in [1.807, 2.05) is 31.2 Å². The minimum Gasteiger partial charge on any atom is -0.406 e. The predicted octanol–water partition coefficient (Wildman–Crippen LogP) is 3.94. The molecular weight excluding hydrogens is 267 g/mol. The van der Waals surface area contributed by atoms with Gasteiger partial charge in [0.05, 0.1) is 6.04 Å². The lowest BCUT2D eigenvalue weighted by Gasteiger charge is -2.16. The summed E-state index contributed by atoms with van der Waals surface area (Å²) >= 11 is 0. The fraction of sp³-hybridized carbons (Fsp3) is 0.200. The summed E-state index contributed by atoms with van der Waals surface area (Å²) in [6.07, 6.45) is -4.70. The maximum Gasteiger partial charge on any atom is 0.573 e. The van der Waals surface area contributed by atoms with Crippen molar-refractivity contribution in [3.05, 3.63) is 65.2 Å². The molecule has 0 aliphatic carbocycles. The second-order valence-corrected chi connectivity index (χ2v) is 4.45. The van der Waals surface area contributed by atoms with Gasteiger partial charge < -0.3 is 10.5 Å². The first-order valence-electron chi connectivity index (χ1n) is 6.03. The minimum absolute atomic E-state index is 0.265. The monoisotopic (exact) mass is 281 g/mol. The molecule has 0 heterocycles. The van der Waals surface area contributed by atoms with Crippen LogP contribution in [0.25, 0.3) is 0 Å². The van der Waals surface area contributed by atoms with E-state index in [0.29, 0.717) is 5.56 Å². The molecule has 0 radical (unpaired) electrons. The van der Waals surface area contributed by atoms with E-state index in [-0.39, 0.29) is 5.75 Å². The second-order valence-electron chi connectivity index (χ2n) is 4.45. The molecule has 2 rings (SSSR count). The first-order chi connectivity index (χ1) is 9.37. The molecule has 106 valence electrons. The molecule has 0 spiro atoms. The van der Waals surface area contributed by atoms with Crippen LogP contribution in [0, 0.1) is 6.92 Å². The molecule has 2 nitrogen and oxygen atoms in total. The lowest BCUT2D eigenvalue weighted by atomic mass is 9.96. The van der Waals surface area contributed by atoms with Crippen molar-refractivity contribution < 1.29 is 17.9 Å². The number of ether oxygens (including phenoxy) is 1. The SMILES string of the molecule is Cc1ccccc1C(N)c1cccc(OC(F)(F)F)c1. The zero-order valence-corrected chi connectivity index (χ0v) is 10.8. The Kier molecular flexibility index (Phi) is 3.99. The van der Waals surface area contributed by atoms with Gasteiger partial charge in [-0.1, -0.05) is 36.4 Å². The van der Waals surface area contributed by atoms with Crippen LogP contribution >= 0.6 is 0 Å². The summed E-state index contributed by atoms with van der Waals surface area (Å²) in [7, 11) is 0. The van der Waals surface area contributed by atoms with E-state index in [1.54, 1.807) is 6.07 Å². The molecule has 0 saturated heterocycles. The van der Waals surface area contributed by atoms with Crippen LogP contribution in [0.1, 0.15) is 22.7 Å². The van der Waals surface area contributed by atoms with Gasteiger partial charge in [-0.15, -0.1) is 13.2 Å². The molecule has 0 aliphatic heterocycles. The third-order valence-electron chi connectivity index (χ3n) is 2.97. The first-order valence-corrected chi connectivity index (χ1v) is 6.03. The fourth-order valence-corrected chi connectivity index (χ4v) is 2.02. The van der Waals surface area contributed by atoms with Crippen LogP contribution in [-0.4, -0.2) is 6.36 Å². The van der Waals surface area contributed by atoms with Crippen LogP contribution in [0.3, 0.4) is 0 Å². The molecule has 5 heteroatoms. The second kappa shape index (κ2) is 5.54. The number of aryl methyl sites for hydroxylation is 1. The Morgan fingerprint density at radius 2 is 1.75 bits per heavy atom. The zero-order valence-electron chi connectivity index (χ0n) is 10.8. The first kappa shape index (κ1) is 14.4. The Labute approximate surface area is 115 Å². The van der Waals surface area contributed by atoms with E-state index in [9.17, 15) is 13.2 Å². The molecule has 0 saturated carbocycles. The van der Waals surface area contributed by atoms with Crippen molar-refractivity contribution in [2.45, 2.75) is 19.3 Å². The van der Waals surface area contributed by atoms with Crippen molar-refractivity contribution >= 4 is 0 Å². The zero-order chi connectivity index (χ0) is 14.8. The lowest BCUT2D eigenvalue weighted by molar-refractivity contribution is -0.274. The van der Waals surface area contributed by atoms with E-state index >= 15 is 0 Å². The number of alkyl halides is 3. The molecule has 0 aromatic heterocycles. The standard InChI is InChI=1S/C15H14F3NO/c1-10-5-2-3-8-13(10)14(19)11-6-4-7-12(9-11)20-15(16,17)18/h2-9,14H,19H2,1H3. The fourth-order valence-electron chi connectivity index (χ4n) is 2.02. The van der Waals surface area contributed by atoms with Gasteiger partial charge >= 0.3 is 6.36 Å². The Bertz CT molecular complexity index is 596. The topological polar surface area (TPSA) is 35.2 Å². The molecule has 0 fully saturated rings. The Morgan fingerprint density at radius 3 is 2.40 bits per heavy atom. The number of hydrogen-bond donors (Lipinski definition) is 1. The summed E-state index contributed by atoms with van der Waals surface area (Å²) in [5.41, 5.74) is 8.54. The van der Waals surface area contributed by atoms with Crippen molar-refractivity contribution in [2.75, 3.05) is 0 Å². The van der Waals surface area contributed by atoms with E-state index in [0.717, 1.165) is 11.1 Å². The van der Waals surface area contributed by atoms with Crippen LogP contribution in [0.4, 0.5) is 13.2 Å². The Balaban J connectivity index is 2.29. The van der Waals surface area contributed by atoms with Crippen LogP contribution in [0.15, 0.2) is 48.5 Å². The Hall–Kier alpha value is -2.01. The van der Waals surface area contributed by atoms with Crippen molar-refractivity contribution in [3.63, 3.8) is 0 Å². The van der Waals surface area contributed by atoms with E-state index < -0.39 is 12.4 Å². The van der Waals surface area contributed by atoms with Gasteiger partial charge in [0, 0.05) is 0 Å². The summed E-state index contributed by atoms with van der Waals surface area (Å²) in [6.45, 7) is 1.91. The summed E-state index contributed by atoms with van der Waals surface area (Å²) in [4.78, 5) is 0. The average molecular weight is 281 g/mol. The highest BCUT2D eigenvalue weighted by molar-refractivity contribution is 5.39.